The van der Waals surface area contributed by atoms with E-state index in [1.165, 1.54) is 5.69 Å². The Morgan fingerprint density at radius 1 is 1.28 bits per heavy atom. The molecule has 1 aromatic rings. The minimum absolute atomic E-state index is 0.277. The van der Waals surface area contributed by atoms with E-state index in [1.54, 1.807) is 0 Å². The van der Waals surface area contributed by atoms with Crippen LogP contribution in [0.1, 0.15) is 16.7 Å². The number of aryl methyl sites for hydroxylation is 2. The number of carbonyl (C=O) groups excluding carboxylic acids is 1. The Bertz CT molecular complexity index is 428. The average molecular weight is 248 g/mol. The van der Waals surface area contributed by atoms with Crippen LogP contribution in [0, 0.1) is 13.8 Å². The van der Waals surface area contributed by atoms with Gasteiger partial charge in [-0.3, -0.25) is 4.79 Å². The van der Waals surface area contributed by atoms with Gasteiger partial charge in [0.15, 0.2) is 0 Å². The first kappa shape index (κ1) is 12.9. The van der Waals surface area contributed by atoms with Gasteiger partial charge < -0.3 is 15.4 Å². The molecule has 1 aliphatic rings. The summed E-state index contributed by atoms with van der Waals surface area (Å²) in [7, 11) is 0. The summed E-state index contributed by atoms with van der Waals surface area (Å²) in [5.41, 5.74) is 9.81. The maximum absolute atomic E-state index is 11.1. The molecule has 0 spiro atoms. The lowest BCUT2D eigenvalue weighted by Gasteiger charge is -2.30. The van der Waals surface area contributed by atoms with Crippen LogP contribution in [0.15, 0.2) is 12.1 Å². The molecule has 4 nitrogen and oxygen atoms in total. The fourth-order valence-corrected chi connectivity index (χ4v) is 2.43. The van der Waals surface area contributed by atoms with Gasteiger partial charge in [0.1, 0.15) is 0 Å². The minimum atomic E-state index is -0.277. The number of morpholine rings is 1. The van der Waals surface area contributed by atoms with E-state index in [2.05, 4.69) is 17.0 Å². The van der Waals surface area contributed by atoms with Crippen LogP contribution >= 0.6 is 0 Å². The normalized spacial score (nSPS) is 15.8. The van der Waals surface area contributed by atoms with Crippen LogP contribution in [-0.4, -0.2) is 32.2 Å². The largest absolute Gasteiger partial charge is 0.378 e. The van der Waals surface area contributed by atoms with Gasteiger partial charge in [-0.25, -0.2) is 0 Å². The van der Waals surface area contributed by atoms with Gasteiger partial charge in [-0.2, -0.15) is 0 Å². The Hall–Kier alpha value is -1.55. The molecule has 1 amide bonds. The molecule has 0 unspecified atom stereocenters. The molecule has 1 heterocycles. The minimum Gasteiger partial charge on any atom is -0.378 e. The van der Waals surface area contributed by atoms with Gasteiger partial charge in [-0.05, 0) is 42.7 Å². The van der Waals surface area contributed by atoms with Gasteiger partial charge in [0.05, 0.1) is 19.6 Å². The summed E-state index contributed by atoms with van der Waals surface area (Å²) in [6, 6.07) is 4.27. The molecule has 0 aromatic heterocycles. The van der Waals surface area contributed by atoms with E-state index in [1.807, 2.05) is 13.8 Å². The first-order valence-corrected chi connectivity index (χ1v) is 6.29. The van der Waals surface area contributed by atoms with E-state index in [0.717, 1.165) is 43.0 Å². The first-order valence-electron chi connectivity index (χ1n) is 6.29. The molecule has 1 saturated heterocycles. The molecule has 2 rings (SSSR count). The monoisotopic (exact) mass is 248 g/mol. The molecule has 18 heavy (non-hydrogen) atoms. The number of carbonyl (C=O) groups is 1. The van der Waals surface area contributed by atoms with Crippen LogP contribution in [0.5, 0.6) is 0 Å². The summed E-state index contributed by atoms with van der Waals surface area (Å²) in [5.74, 6) is -0.277. The molecule has 1 aromatic carbocycles. The summed E-state index contributed by atoms with van der Waals surface area (Å²) in [6.45, 7) is 7.48. The Morgan fingerprint density at radius 2 is 1.83 bits per heavy atom. The van der Waals surface area contributed by atoms with Crippen LogP contribution in [0.3, 0.4) is 0 Å². The topological polar surface area (TPSA) is 55.6 Å². The van der Waals surface area contributed by atoms with E-state index in [-0.39, 0.29) is 5.91 Å². The van der Waals surface area contributed by atoms with Crippen molar-refractivity contribution >= 4 is 11.6 Å². The van der Waals surface area contributed by atoms with Crippen molar-refractivity contribution in [2.45, 2.75) is 20.3 Å². The molecule has 0 atom stereocenters. The molecular weight excluding hydrogens is 228 g/mol. The van der Waals surface area contributed by atoms with Crippen molar-refractivity contribution in [3.63, 3.8) is 0 Å². The number of hydrogen-bond acceptors (Lipinski definition) is 3. The maximum Gasteiger partial charge on any atom is 0.221 e. The van der Waals surface area contributed by atoms with Crippen LogP contribution < -0.4 is 10.6 Å². The van der Waals surface area contributed by atoms with E-state index in [4.69, 9.17) is 10.5 Å². The molecule has 0 saturated carbocycles. The van der Waals surface area contributed by atoms with E-state index in [0.29, 0.717) is 6.42 Å². The smallest absolute Gasteiger partial charge is 0.221 e. The third-order valence-corrected chi connectivity index (χ3v) is 3.41. The number of amides is 1. The second-order valence-electron chi connectivity index (χ2n) is 4.80. The van der Waals surface area contributed by atoms with Crippen molar-refractivity contribution in [3.05, 3.63) is 28.8 Å². The fourth-order valence-electron chi connectivity index (χ4n) is 2.43. The number of anilines is 1. The lowest BCUT2D eigenvalue weighted by atomic mass is 9.98. The lowest BCUT2D eigenvalue weighted by Crippen LogP contribution is -2.36. The summed E-state index contributed by atoms with van der Waals surface area (Å²) < 4.78 is 5.36. The van der Waals surface area contributed by atoms with E-state index in [9.17, 15) is 4.79 Å². The summed E-state index contributed by atoms with van der Waals surface area (Å²) in [5, 5.41) is 0. The van der Waals surface area contributed by atoms with Gasteiger partial charge in [0, 0.05) is 18.8 Å². The van der Waals surface area contributed by atoms with Gasteiger partial charge in [-0.1, -0.05) is 0 Å². The number of ether oxygens (including phenoxy) is 1. The number of rotatable bonds is 3. The van der Waals surface area contributed by atoms with Crippen molar-refractivity contribution in [2.75, 3.05) is 31.2 Å². The highest BCUT2D eigenvalue weighted by Gasteiger charge is 2.14. The third kappa shape index (κ3) is 2.82. The summed E-state index contributed by atoms with van der Waals surface area (Å²) in [6.07, 6.45) is 0.320. The summed E-state index contributed by atoms with van der Waals surface area (Å²) in [4.78, 5) is 13.4. The molecule has 1 aliphatic heterocycles. The highest BCUT2D eigenvalue weighted by molar-refractivity contribution is 5.78. The number of nitrogens with zero attached hydrogens (tertiary/aromatic N) is 1. The van der Waals surface area contributed by atoms with Crippen LogP contribution in [0.2, 0.25) is 0 Å². The zero-order valence-corrected chi connectivity index (χ0v) is 11.0. The van der Waals surface area contributed by atoms with Crippen LogP contribution in [0.25, 0.3) is 0 Å². The predicted octanol–water partition coefficient (Wildman–Crippen LogP) is 1.17. The average Bonchev–Trinajstić information content (AvgIpc) is 2.34. The van der Waals surface area contributed by atoms with Crippen LogP contribution in [0.4, 0.5) is 5.69 Å². The molecule has 0 aliphatic carbocycles. The SMILES string of the molecule is Cc1cc(N2CCOCC2)cc(C)c1CC(N)=O. The second-order valence-corrected chi connectivity index (χ2v) is 4.80. The molecule has 98 valence electrons. The zero-order chi connectivity index (χ0) is 13.1. The Labute approximate surface area is 108 Å². The Balaban J connectivity index is 2.26. The quantitative estimate of drug-likeness (QED) is 0.873. The van der Waals surface area contributed by atoms with Crippen molar-refractivity contribution < 1.29 is 9.53 Å². The predicted molar refractivity (Wildman–Crippen MR) is 71.8 cm³/mol. The number of benzene rings is 1. The van der Waals surface area contributed by atoms with Crippen molar-refractivity contribution in [1.82, 2.24) is 0 Å². The standard InChI is InChI=1S/C14H20N2O2/c1-10-7-12(16-3-5-18-6-4-16)8-11(2)13(10)9-14(15)17/h7-8H,3-6,9H2,1-2H3,(H2,15,17). The van der Waals surface area contributed by atoms with Crippen molar-refractivity contribution in [1.29, 1.82) is 0 Å². The number of hydrogen-bond donors (Lipinski definition) is 1. The Kier molecular flexibility index (Phi) is 3.87. The molecule has 0 radical (unpaired) electrons. The van der Waals surface area contributed by atoms with Gasteiger partial charge in [0.25, 0.3) is 0 Å². The van der Waals surface area contributed by atoms with Crippen LogP contribution in [-0.2, 0) is 16.0 Å². The molecule has 4 heteroatoms. The lowest BCUT2D eigenvalue weighted by molar-refractivity contribution is -0.117. The van der Waals surface area contributed by atoms with E-state index >= 15 is 0 Å². The molecule has 2 N–H and O–H groups in total. The van der Waals surface area contributed by atoms with E-state index < -0.39 is 0 Å². The Morgan fingerprint density at radius 3 is 2.33 bits per heavy atom. The molecule has 1 fully saturated rings. The maximum atomic E-state index is 11.1. The second kappa shape index (κ2) is 5.40. The van der Waals surface area contributed by atoms with Gasteiger partial charge in [0.2, 0.25) is 5.91 Å². The van der Waals surface area contributed by atoms with Crippen molar-refractivity contribution in [3.8, 4) is 0 Å². The molecule has 0 bridgehead atoms. The zero-order valence-electron chi connectivity index (χ0n) is 11.0. The highest BCUT2D eigenvalue weighted by atomic mass is 16.5. The third-order valence-electron chi connectivity index (χ3n) is 3.41. The van der Waals surface area contributed by atoms with Crippen molar-refractivity contribution in [2.24, 2.45) is 5.73 Å². The number of primary amides is 1. The first-order chi connectivity index (χ1) is 8.58. The summed E-state index contributed by atoms with van der Waals surface area (Å²) >= 11 is 0. The molecular formula is C14H20N2O2. The highest BCUT2D eigenvalue weighted by Crippen LogP contribution is 2.24. The van der Waals surface area contributed by atoms with Gasteiger partial charge in [-0.15, -0.1) is 0 Å². The number of nitrogens with two attached hydrogens (primary N) is 1. The fraction of sp³-hybridized carbons (Fsp3) is 0.500. The van der Waals surface area contributed by atoms with Gasteiger partial charge >= 0.3 is 0 Å².